The maximum absolute atomic E-state index is 5.66. The molecule has 0 bridgehead atoms. The number of hydrogen-bond donors (Lipinski definition) is 1. The number of aromatic nitrogens is 3. The van der Waals surface area contributed by atoms with Crippen LogP contribution in [0.3, 0.4) is 0 Å². The van der Waals surface area contributed by atoms with E-state index in [1.807, 2.05) is 6.92 Å². The number of nitrogens with zero attached hydrogens (tertiary/aromatic N) is 3. The molecule has 0 aromatic carbocycles. The summed E-state index contributed by atoms with van der Waals surface area (Å²) in [7, 11) is 0. The van der Waals surface area contributed by atoms with Crippen LogP contribution in [0.2, 0.25) is 0 Å². The molecule has 1 rings (SSSR count). The topological polar surface area (TPSA) is 56.7 Å². The molecule has 1 heterocycles. The van der Waals surface area contributed by atoms with Gasteiger partial charge < -0.3 is 10.3 Å². The molecule has 4 nitrogen and oxygen atoms in total. The van der Waals surface area contributed by atoms with Gasteiger partial charge in [-0.05, 0) is 26.7 Å². The SMILES string of the molecule is CCn1cnnc1CCCC(C)N. The largest absolute Gasteiger partial charge is 0.328 e. The number of nitrogens with two attached hydrogens (primary N) is 1. The van der Waals surface area contributed by atoms with E-state index in [9.17, 15) is 0 Å². The first kappa shape index (κ1) is 10.2. The van der Waals surface area contributed by atoms with Gasteiger partial charge in [0.05, 0.1) is 0 Å². The van der Waals surface area contributed by atoms with E-state index >= 15 is 0 Å². The molecule has 0 aliphatic carbocycles. The predicted molar refractivity (Wildman–Crippen MR) is 52.3 cm³/mol. The second-order valence-electron chi connectivity index (χ2n) is 3.40. The van der Waals surface area contributed by atoms with Crippen molar-refractivity contribution < 1.29 is 0 Å². The van der Waals surface area contributed by atoms with Gasteiger partial charge in [-0.2, -0.15) is 0 Å². The minimum Gasteiger partial charge on any atom is -0.328 e. The van der Waals surface area contributed by atoms with Crippen LogP contribution in [0.1, 0.15) is 32.5 Å². The van der Waals surface area contributed by atoms with Crippen molar-refractivity contribution in [2.24, 2.45) is 5.73 Å². The summed E-state index contributed by atoms with van der Waals surface area (Å²) in [5, 5.41) is 7.93. The third kappa shape index (κ3) is 3.14. The van der Waals surface area contributed by atoms with Gasteiger partial charge in [-0.1, -0.05) is 0 Å². The highest BCUT2D eigenvalue weighted by atomic mass is 15.3. The third-order valence-electron chi connectivity index (χ3n) is 2.10. The summed E-state index contributed by atoms with van der Waals surface area (Å²) in [5.41, 5.74) is 5.66. The Kier molecular flexibility index (Phi) is 3.89. The van der Waals surface area contributed by atoms with E-state index in [-0.39, 0.29) is 6.04 Å². The van der Waals surface area contributed by atoms with Gasteiger partial charge in [0.2, 0.25) is 0 Å². The highest BCUT2D eigenvalue weighted by Crippen LogP contribution is 2.03. The summed E-state index contributed by atoms with van der Waals surface area (Å²) in [6, 6.07) is 0.290. The monoisotopic (exact) mass is 182 g/mol. The summed E-state index contributed by atoms with van der Waals surface area (Å²) in [6.07, 6.45) is 4.91. The first-order chi connectivity index (χ1) is 6.24. The molecule has 0 radical (unpaired) electrons. The summed E-state index contributed by atoms with van der Waals surface area (Å²) in [6.45, 7) is 5.07. The van der Waals surface area contributed by atoms with E-state index in [1.165, 1.54) is 0 Å². The smallest absolute Gasteiger partial charge is 0.132 e. The van der Waals surface area contributed by atoms with E-state index in [0.717, 1.165) is 31.6 Å². The molecule has 0 aliphatic heterocycles. The van der Waals surface area contributed by atoms with Gasteiger partial charge in [-0.15, -0.1) is 10.2 Å². The van der Waals surface area contributed by atoms with Crippen LogP contribution in [0.15, 0.2) is 6.33 Å². The fourth-order valence-corrected chi connectivity index (χ4v) is 1.32. The van der Waals surface area contributed by atoms with Gasteiger partial charge in [0.1, 0.15) is 12.2 Å². The van der Waals surface area contributed by atoms with Crippen molar-refractivity contribution >= 4 is 0 Å². The van der Waals surface area contributed by atoms with Crippen LogP contribution < -0.4 is 5.73 Å². The lowest BCUT2D eigenvalue weighted by Gasteiger charge is -2.04. The van der Waals surface area contributed by atoms with Crippen molar-refractivity contribution in [2.75, 3.05) is 0 Å². The highest BCUT2D eigenvalue weighted by molar-refractivity contribution is 4.85. The Labute approximate surface area is 79.2 Å². The average molecular weight is 182 g/mol. The van der Waals surface area contributed by atoms with Gasteiger partial charge >= 0.3 is 0 Å². The van der Waals surface area contributed by atoms with E-state index in [1.54, 1.807) is 6.33 Å². The lowest BCUT2D eigenvalue weighted by atomic mass is 10.1. The maximum atomic E-state index is 5.66. The number of hydrogen-bond acceptors (Lipinski definition) is 3. The van der Waals surface area contributed by atoms with Crippen LogP contribution in [0.25, 0.3) is 0 Å². The fraction of sp³-hybridized carbons (Fsp3) is 0.778. The molecular weight excluding hydrogens is 164 g/mol. The van der Waals surface area contributed by atoms with Crippen molar-refractivity contribution in [3.8, 4) is 0 Å². The molecular formula is C9H18N4. The molecule has 0 aliphatic rings. The molecule has 74 valence electrons. The number of aryl methyl sites for hydroxylation is 2. The zero-order chi connectivity index (χ0) is 9.68. The molecule has 0 spiro atoms. The van der Waals surface area contributed by atoms with Crippen molar-refractivity contribution in [1.82, 2.24) is 14.8 Å². The van der Waals surface area contributed by atoms with Crippen LogP contribution in [0.5, 0.6) is 0 Å². The van der Waals surface area contributed by atoms with Crippen molar-refractivity contribution in [3.05, 3.63) is 12.2 Å². The molecule has 0 saturated carbocycles. The standard InChI is InChI=1S/C9H18N4/c1-3-13-7-11-12-9(13)6-4-5-8(2)10/h7-8H,3-6,10H2,1-2H3. The lowest BCUT2D eigenvalue weighted by Crippen LogP contribution is -2.15. The normalized spacial score (nSPS) is 13.2. The van der Waals surface area contributed by atoms with E-state index in [4.69, 9.17) is 5.73 Å². The van der Waals surface area contributed by atoms with Crippen LogP contribution in [-0.2, 0) is 13.0 Å². The van der Waals surface area contributed by atoms with Crippen LogP contribution >= 0.6 is 0 Å². The van der Waals surface area contributed by atoms with Gasteiger partial charge in [-0.3, -0.25) is 0 Å². The Hall–Kier alpha value is -0.900. The molecule has 1 aromatic heterocycles. The van der Waals surface area contributed by atoms with Crippen molar-refractivity contribution in [3.63, 3.8) is 0 Å². The Morgan fingerprint density at radius 2 is 2.38 bits per heavy atom. The quantitative estimate of drug-likeness (QED) is 0.738. The van der Waals surface area contributed by atoms with Gasteiger partial charge in [0, 0.05) is 19.0 Å². The van der Waals surface area contributed by atoms with E-state index < -0.39 is 0 Å². The molecule has 13 heavy (non-hydrogen) atoms. The van der Waals surface area contributed by atoms with E-state index in [2.05, 4.69) is 21.7 Å². The Morgan fingerprint density at radius 1 is 1.62 bits per heavy atom. The van der Waals surface area contributed by atoms with Crippen molar-refractivity contribution in [1.29, 1.82) is 0 Å². The zero-order valence-corrected chi connectivity index (χ0v) is 8.40. The van der Waals surface area contributed by atoms with Gasteiger partial charge in [0.25, 0.3) is 0 Å². The van der Waals surface area contributed by atoms with Crippen LogP contribution in [0, 0.1) is 0 Å². The second kappa shape index (κ2) is 4.97. The minimum atomic E-state index is 0.290. The highest BCUT2D eigenvalue weighted by Gasteiger charge is 2.02. The molecule has 1 atom stereocenters. The fourth-order valence-electron chi connectivity index (χ4n) is 1.32. The molecule has 2 N–H and O–H groups in total. The third-order valence-corrected chi connectivity index (χ3v) is 2.10. The Balaban J connectivity index is 2.36. The summed E-state index contributed by atoms with van der Waals surface area (Å²) >= 11 is 0. The summed E-state index contributed by atoms with van der Waals surface area (Å²) in [5.74, 6) is 1.07. The van der Waals surface area contributed by atoms with Crippen molar-refractivity contribution in [2.45, 2.75) is 45.7 Å². The van der Waals surface area contributed by atoms with Crippen LogP contribution in [0.4, 0.5) is 0 Å². The maximum Gasteiger partial charge on any atom is 0.132 e. The zero-order valence-electron chi connectivity index (χ0n) is 8.40. The van der Waals surface area contributed by atoms with Crippen LogP contribution in [-0.4, -0.2) is 20.8 Å². The van der Waals surface area contributed by atoms with Gasteiger partial charge in [0.15, 0.2) is 0 Å². The minimum absolute atomic E-state index is 0.290. The lowest BCUT2D eigenvalue weighted by molar-refractivity contribution is 0.594. The van der Waals surface area contributed by atoms with Gasteiger partial charge in [-0.25, -0.2) is 0 Å². The Bertz CT molecular complexity index is 242. The molecule has 1 aromatic rings. The summed E-state index contributed by atoms with van der Waals surface area (Å²) < 4.78 is 2.07. The molecule has 0 fully saturated rings. The predicted octanol–water partition coefficient (Wildman–Crippen LogP) is 0.968. The molecule has 0 amide bonds. The first-order valence-corrected chi connectivity index (χ1v) is 4.86. The summed E-state index contributed by atoms with van der Waals surface area (Å²) in [4.78, 5) is 0. The molecule has 0 saturated heterocycles. The number of rotatable bonds is 5. The molecule has 4 heteroatoms. The molecule has 1 unspecified atom stereocenters. The van der Waals surface area contributed by atoms with E-state index in [0.29, 0.717) is 0 Å². The second-order valence-corrected chi connectivity index (χ2v) is 3.40. The first-order valence-electron chi connectivity index (χ1n) is 4.86. The average Bonchev–Trinajstić information content (AvgIpc) is 2.51. The Morgan fingerprint density at radius 3 is 3.00 bits per heavy atom.